The highest BCUT2D eigenvalue weighted by molar-refractivity contribution is 14.1. The lowest BCUT2D eigenvalue weighted by Crippen LogP contribution is -2.60. The Balaban J connectivity index is 1.70. The van der Waals surface area contributed by atoms with E-state index in [1.54, 1.807) is 0 Å². The van der Waals surface area contributed by atoms with Gasteiger partial charge in [0.15, 0.2) is 0 Å². The number of hydrogen-bond donors (Lipinski definition) is 0. The molecular weight excluding hydrogens is 287 g/mol. The zero-order chi connectivity index (χ0) is 9.60. The zero-order valence-electron chi connectivity index (χ0n) is 8.04. The minimum Gasteiger partial charge on any atom is -0.355 e. The second-order valence-electron chi connectivity index (χ2n) is 4.54. The van der Waals surface area contributed by atoms with Gasteiger partial charge in [-0.1, -0.05) is 6.42 Å². The van der Waals surface area contributed by atoms with Crippen molar-refractivity contribution in [2.75, 3.05) is 18.0 Å². The standard InChI is InChI=1S/C11H13IN2/c12-9-2-3-10(13-6-9)14-7-11(8-14)4-1-5-11/h2-3,6H,1,4-5,7-8H2. The molecule has 74 valence electrons. The Labute approximate surface area is 97.9 Å². The van der Waals surface area contributed by atoms with E-state index in [4.69, 9.17) is 0 Å². The maximum absolute atomic E-state index is 4.44. The molecular formula is C11H13IN2. The average molecular weight is 300 g/mol. The Bertz CT molecular complexity index is 335. The van der Waals surface area contributed by atoms with Gasteiger partial charge in [0.05, 0.1) is 0 Å². The maximum atomic E-state index is 4.44. The average Bonchev–Trinajstić information content (AvgIpc) is 2.03. The largest absolute Gasteiger partial charge is 0.355 e. The lowest BCUT2D eigenvalue weighted by molar-refractivity contribution is 0.0896. The van der Waals surface area contributed by atoms with Crippen LogP contribution in [0.1, 0.15) is 19.3 Å². The molecule has 2 aliphatic rings. The van der Waals surface area contributed by atoms with Gasteiger partial charge in [0.25, 0.3) is 0 Å². The van der Waals surface area contributed by atoms with Gasteiger partial charge in [-0.05, 0) is 47.6 Å². The van der Waals surface area contributed by atoms with Crippen molar-refractivity contribution in [3.63, 3.8) is 0 Å². The summed E-state index contributed by atoms with van der Waals surface area (Å²) in [4.78, 5) is 6.84. The first kappa shape index (κ1) is 8.95. The molecule has 1 spiro atoms. The molecule has 1 aromatic heterocycles. The molecule has 2 heterocycles. The van der Waals surface area contributed by atoms with Gasteiger partial charge in [-0.2, -0.15) is 0 Å². The number of aromatic nitrogens is 1. The SMILES string of the molecule is Ic1ccc(N2CC3(CCC3)C2)nc1. The van der Waals surface area contributed by atoms with E-state index < -0.39 is 0 Å². The van der Waals surface area contributed by atoms with Crippen molar-refractivity contribution >= 4 is 28.4 Å². The minimum atomic E-state index is 0.699. The predicted molar refractivity (Wildman–Crippen MR) is 65.5 cm³/mol. The Kier molecular flexibility index (Phi) is 1.97. The maximum Gasteiger partial charge on any atom is 0.128 e. The van der Waals surface area contributed by atoms with Crippen molar-refractivity contribution in [1.29, 1.82) is 0 Å². The second kappa shape index (κ2) is 3.08. The first-order valence-corrected chi connectivity index (χ1v) is 6.22. The third kappa shape index (κ3) is 1.33. The molecule has 2 nitrogen and oxygen atoms in total. The molecule has 0 amide bonds. The molecule has 0 unspecified atom stereocenters. The fraction of sp³-hybridized carbons (Fsp3) is 0.545. The highest BCUT2D eigenvalue weighted by Crippen LogP contribution is 2.48. The van der Waals surface area contributed by atoms with Crippen molar-refractivity contribution in [1.82, 2.24) is 4.98 Å². The summed E-state index contributed by atoms with van der Waals surface area (Å²) >= 11 is 2.29. The van der Waals surface area contributed by atoms with Gasteiger partial charge < -0.3 is 4.90 Å². The molecule has 2 fully saturated rings. The minimum absolute atomic E-state index is 0.699. The van der Waals surface area contributed by atoms with Crippen LogP contribution in [0.3, 0.4) is 0 Å². The molecule has 1 saturated carbocycles. The third-order valence-corrected chi connectivity index (χ3v) is 4.14. The number of halogens is 1. The fourth-order valence-corrected chi connectivity index (χ4v) is 2.79. The molecule has 1 aliphatic carbocycles. The summed E-state index contributed by atoms with van der Waals surface area (Å²) in [7, 11) is 0. The van der Waals surface area contributed by atoms with Crippen LogP contribution in [0.5, 0.6) is 0 Å². The van der Waals surface area contributed by atoms with Crippen LogP contribution in [-0.4, -0.2) is 18.1 Å². The van der Waals surface area contributed by atoms with Crippen molar-refractivity contribution in [3.8, 4) is 0 Å². The van der Waals surface area contributed by atoms with Gasteiger partial charge in [-0.15, -0.1) is 0 Å². The molecule has 0 N–H and O–H groups in total. The van der Waals surface area contributed by atoms with E-state index in [1.807, 2.05) is 6.20 Å². The van der Waals surface area contributed by atoms with Gasteiger partial charge in [-0.25, -0.2) is 4.98 Å². The van der Waals surface area contributed by atoms with Crippen LogP contribution in [-0.2, 0) is 0 Å². The van der Waals surface area contributed by atoms with Crippen LogP contribution in [0.2, 0.25) is 0 Å². The number of anilines is 1. The van der Waals surface area contributed by atoms with Crippen LogP contribution in [0.25, 0.3) is 0 Å². The smallest absolute Gasteiger partial charge is 0.128 e. The number of hydrogen-bond acceptors (Lipinski definition) is 2. The van der Waals surface area contributed by atoms with E-state index in [2.05, 4.69) is 44.6 Å². The van der Waals surface area contributed by atoms with Crippen molar-refractivity contribution in [3.05, 3.63) is 21.9 Å². The number of nitrogens with zero attached hydrogens (tertiary/aromatic N) is 2. The quantitative estimate of drug-likeness (QED) is 0.741. The lowest BCUT2D eigenvalue weighted by atomic mass is 9.63. The number of pyridine rings is 1. The lowest BCUT2D eigenvalue weighted by Gasteiger charge is -2.56. The molecule has 0 atom stereocenters. The summed E-state index contributed by atoms with van der Waals surface area (Å²) in [5.41, 5.74) is 0.699. The summed E-state index contributed by atoms with van der Waals surface area (Å²) in [5.74, 6) is 1.16. The molecule has 14 heavy (non-hydrogen) atoms. The van der Waals surface area contributed by atoms with Gasteiger partial charge in [0, 0.05) is 28.3 Å². The Hall–Kier alpha value is -0.320. The van der Waals surface area contributed by atoms with Crippen molar-refractivity contribution in [2.24, 2.45) is 5.41 Å². The summed E-state index contributed by atoms with van der Waals surface area (Å²) in [6, 6.07) is 4.27. The van der Waals surface area contributed by atoms with E-state index in [-0.39, 0.29) is 0 Å². The second-order valence-corrected chi connectivity index (χ2v) is 5.79. The third-order valence-electron chi connectivity index (χ3n) is 3.50. The summed E-state index contributed by atoms with van der Waals surface area (Å²) in [5, 5.41) is 0. The zero-order valence-corrected chi connectivity index (χ0v) is 10.2. The Morgan fingerprint density at radius 3 is 2.57 bits per heavy atom. The van der Waals surface area contributed by atoms with E-state index in [1.165, 1.54) is 35.9 Å². The van der Waals surface area contributed by atoms with E-state index in [9.17, 15) is 0 Å². The monoisotopic (exact) mass is 300 g/mol. The van der Waals surface area contributed by atoms with Gasteiger partial charge in [0.1, 0.15) is 5.82 Å². The first-order valence-electron chi connectivity index (χ1n) is 5.14. The predicted octanol–water partition coefficient (Wildman–Crippen LogP) is 2.68. The van der Waals surface area contributed by atoms with Gasteiger partial charge >= 0.3 is 0 Å². The molecule has 3 heteroatoms. The topological polar surface area (TPSA) is 16.1 Å². The number of rotatable bonds is 1. The van der Waals surface area contributed by atoms with Gasteiger partial charge in [-0.3, -0.25) is 0 Å². The van der Waals surface area contributed by atoms with Gasteiger partial charge in [0.2, 0.25) is 0 Å². The van der Waals surface area contributed by atoms with Crippen LogP contribution < -0.4 is 4.90 Å². The molecule has 0 bridgehead atoms. The highest BCUT2D eigenvalue weighted by atomic mass is 127. The fourth-order valence-electron chi connectivity index (χ4n) is 2.47. The van der Waals surface area contributed by atoms with E-state index >= 15 is 0 Å². The first-order chi connectivity index (χ1) is 6.77. The Morgan fingerprint density at radius 1 is 1.29 bits per heavy atom. The van der Waals surface area contributed by atoms with Crippen LogP contribution in [0.15, 0.2) is 18.3 Å². The van der Waals surface area contributed by atoms with Crippen LogP contribution >= 0.6 is 22.6 Å². The van der Waals surface area contributed by atoms with Crippen molar-refractivity contribution in [2.45, 2.75) is 19.3 Å². The molecule has 3 rings (SSSR count). The Morgan fingerprint density at radius 2 is 2.07 bits per heavy atom. The highest BCUT2D eigenvalue weighted by Gasteiger charge is 2.47. The normalized spacial score (nSPS) is 23.1. The summed E-state index contributed by atoms with van der Waals surface area (Å²) in [6.07, 6.45) is 6.26. The molecule has 1 aliphatic heterocycles. The molecule has 1 aromatic rings. The molecule has 1 saturated heterocycles. The van der Waals surface area contributed by atoms with Crippen molar-refractivity contribution < 1.29 is 0 Å². The molecule has 0 aromatic carbocycles. The molecule has 0 radical (unpaired) electrons. The van der Waals surface area contributed by atoms with E-state index in [0.29, 0.717) is 5.41 Å². The summed E-state index contributed by atoms with van der Waals surface area (Å²) < 4.78 is 1.21. The summed E-state index contributed by atoms with van der Waals surface area (Å²) in [6.45, 7) is 2.47. The van der Waals surface area contributed by atoms with E-state index in [0.717, 1.165) is 5.82 Å². The van der Waals surface area contributed by atoms with Crippen LogP contribution in [0.4, 0.5) is 5.82 Å². The van der Waals surface area contributed by atoms with Crippen LogP contribution in [0, 0.1) is 8.99 Å².